The van der Waals surface area contributed by atoms with Gasteiger partial charge < -0.3 is 34.4 Å². The summed E-state index contributed by atoms with van der Waals surface area (Å²) in [6.45, 7) is 2.32. The summed E-state index contributed by atoms with van der Waals surface area (Å²) in [5, 5.41) is 28.2. The number of ether oxygens (including phenoxy) is 1. The van der Waals surface area contributed by atoms with Crippen LogP contribution in [0.25, 0.3) is 22.3 Å². The molecule has 0 aliphatic carbocycles. The first-order valence-corrected chi connectivity index (χ1v) is 18.9. The van der Waals surface area contributed by atoms with Gasteiger partial charge in [-0.05, 0) is 62.7 Å². The Morgan fingerprint density at radius 2 is 1.81 bits per heavy atom. The molecule has 5 atom stereocenters. The molecule has 4 N–H and O–H groups in total. The van der Waals surface area contributed by atoms with Gasteiger partial charge in [-0.15, -0.1) is 0 Å². The highest BCUT2D eigenvalue weighted by Gasteiger charge is 2.43. The van der Waals surface area contributed by atoms with Crippen LogP contribution in [-0.2, 0) is 21.5 Å². The third kappa shape index (κ3) is 9.33. The number of carbonyl (C=O) groups is 2. The highest BCUT2D eigenvalue weighted by molar-refractivity contribution is 5.82. The zero-order valence-corrected chi connectivity index (χ0v) is 31.8. The fraction of sp³-hybridized carbons (Fsp3) is 0.415. The SMILES string of the molecule is CC(C)(c1ncc(-c2ccc(F)cc2)o1)N1CCN(C[C@@H](O)CC(Cc2cc3ccncc3o2)C(=O)N[C@H]2c3ccccc3OC[C@H]2O)[C@H](C(=O)NCC(F)(F)F)C1. The molecule has 1 saturated heterocycles. The van der Waals surface area contributed by atoms with Crippen molar-refractivity contribution in [2.45, 2.75) is 62.7 Å². The Bertz CT molecular complexity index is 2180. The summed E-state index contributed by atoms with van der Waals surface area (Å²) >= 11 is 0. The number of carbonyl (C=O) groups excluding carboxylic acids is 2. The van der Waals surface area contributed by atoms with Gasteiger partial charge in [0.05, 0.1) is 30.1 Å². The molecule has 58 heavy (non-hydrogen) atoms. The summed E-state index contributed by atoms with van der Waals surface area (Å²) in [5.74, 6) is -1.03. The molecule has 2 aliphatic heterocycles. The normalized spacial score (nSPS) is 20.2. The number of halogens is 4. The number of rotatable bonds is 13. The van der Waals surface area contributed by atoms with Gasteiger partial charge in [-0.3, -0.25) is 24.4 Å². The minimum Gasteiger partial charge on any atom is -0.490 e. The average Bonchev–Trinajstić information content (AvgIpc) is 3.86. The summed E-state index contributed by atoms with van der Waals surface area (Å²) < 4.78 is 71.1. The summed E-state index contributed by atoms with van der Waals surface area (Å²) in [5.41, 5.74) is 0.756. The first-order valence-electron chi connectivity index (χ1n) is 18.9. The van der Waals surface area contributed by atoms with Crippen molar-refractivity contribution in [3.8, 4) is 17.1 Å². The molecule has 1 unspecified atom stereocenters. The van der Waals surface area contributed by atoms with Crippen LogP contribution in [0.1, 0.15) is 43.5 Å². The zero-order chi connectivity index (χ0) is 41.2. The Balaban J connectivity index is 1.09. The molecular weight excluding hydrogens is 764 g/mol. The van der Waals surface area contributed by atoms with E-state index in [1.54, 1.807) is 65.8 Å². The molecule has 7 rings (SSSR count). The van der Waals surface area contributed by atoms with Crippen LogP contribution in [0.15, 0.2) is 88.1 Å². The number of para-hydroxylation sites is 1. The largest absolute Gasteiger partial charge is 0.490 e. The molecule has 2 aliphatic rings. The van der Waals surface area contributed by atoms with Gasteiger partial charge in [0.1, 0.15) is 42.6 Å². The molecule has 0 spiro atoms. The minimum absolute atomic E-state index is 0.0439. The molecule has 3 aromatic heterocycles. The number of nitrogens with one attached hydrogen (secondary N) is 2. The van der Waals surface area contributed by atoms with Crippen molar-refractivity contribution >= 4 is 22.8 Å². The van der Waals surface area contributed by atoms with Crippen LogP contribution in [0.3, 0.4) is 0 Å². The molecule has 0 saturated carbocycles. The van der Waals surface area contributed by atoms with E-state index in [2.05, 4.69) is 15.3 Å². The van der Waals surface area contributed by atoms with E-state index in [1.165, 1.54) is 18.3 Å². The number of hydrogen-bond acceptors (Lipinski definition) is 11. The lowest BCUT2D eigenvalue weighted by atomic mass is 9.92. The number of fused-ring (bicyclic) bond motifs is 2. The van der Waals surface area contributed by atoms with Gasteiger partial charge in [0, 0.05) is 61.2 Å². The second-order valence-corrected chi connectivity index (χ2v) is 15.2. The summed E-state index contributed by atoms with van der Waals surface area (Å²) in [4.78, 5) is 39.7. The summed E-state index contributed by atoms with van der Waals surface area (Å²) in [6, 6.07) is 14.3. The Morgan fingerprint density at radius 3 is 2.57 bits per heavy atom. The quantitative estimate of drug-likeness (QED) is 0.121. The first-order chi connectivity index (χ1) is 27.6. The van der Waals surface area contributed by atoms with Gasteiger partial charge in [0.15, 0.2) is 11.3 Å². The molecule has 1 fully saturated rings. The maximum Gasteiger partial charge on any atom is 0.405 e. The van der Waals surface area contributed by atoms with Crippen LogP contribution >= 0.6 is 0 Å². The van der Waals surface area contributed by atoms with Gasteiger partial charge in [0.2, 0.25) is 17.7 Å². The van der Waals surface area contributed by atoms with Crippen LogP contribution in [0, 0.1) is 11.7 Å². The molecule has 5 aromatic rings. The third-order valence-electron chi connectivity index (χ3n) is 10.7. The molecular formula is C41H44F4N6O7. The van der Waals surface area contributed by atoms with Crippen molar-refractivity contribution in [3.05, 3.63) is 102 Å². The Labute approximate surface area is 331 Å². The van der Waals surface area contributed by atoms with Gasteiger partial charge in [-0.2, -0.15) is 13.2 Å². The average molecular weight is 809 g/mol. The number of aliphatic hydroxyl groups is 2. The first kappa shape index (κ1) is 40.8. The topological polar surface area (TPSA) is 166 Å². The molecule has 0 radical (unpaired) electrons. The maximum atomic E-state index is 14.1. The number of pyridine rings is 1. The number of nitrogens with zero attached hydrogens (tertiary/aromatic N) is 4. The molecule has 5 heterocycles. The summed E-state index contributed by atoms with van der Waals surface area (Å²) in [6.07, 6.45) is -2.33. The monoisotopic (exact) mass is 808 g/mol. The van der Waals surface area contributed by atoms with E-state index in [0.717, 1.165) is 5.39 Å². The van der Waals surface area contributed by atoms with Gasteiger partial charge >= 0.3 is 6.18 Å². The number of piperazine rings is 1. The lowest BCUT2D eigenvalue weighted by Gasteiger charge is -2.46. The number of benzene rings is 2. The molecule has 13 nitrogen and oxygen atoms in total. The zero-order valence-electron chi connectivity index (χ0n) is 31.8. The van der Waals surface area contributed by atoms with Crippen molar-refractivity contribution < 1.29 is 50.9 Å². The van der Waals surface area contributed by atoms with E-state index < -0.39 is 66.1 Å². The maximum absolute atomic E-state index is 14.1. The van der Waals surface area contributed by atoms with Crippen molar-refractivity contribution in [1.29, 1.82) is 0 Å². The third-order valence-corrected chi connectivity index (χ3v) is 10.7. The lowest BCUT2D eigenvalue weighted by Crippen LogP contribution is -2.63. The predicted molar refractivity (Wildman–Crippen MR) is 202 cm³/mol. The number of β-amino-alcohol motifs (C(OH)–C–C–N with tert-alkyl or cyclic N) is 1. The molecule has 17 heteroatoms. The van der Waals surface area contributed by atoms with Crippen LogP contribution in [0.5, 0.6) is 5.75 Å². The Morgan fingerprint density at radius 1 is 1.03 bits per heavy atom. The second-order valence-electron chi connectivity index (χ2n) is 15.2. The van der Waals surface area contributed by atoms with Crippen LogP contribution < -0.4 is 15.4 Å². The Hall–Kier alpha value is -5.36. The minimum atomic E-state index is -4.66. The van der Waals surface area contributed by atoms with E-state index >= 15 is 0 Å². The molecule has 0 bridgehead atoms. The lowest BCUT2D eigenvalue weighted by molar-refractivity contribution is -0.145. The van der Waals surface area contributed by atoms with Gasteiger partial charge in [-0.25, -0.2) is 9.37 Å². The fourth-order valence-electron chi connectivity index (χ4n) is 7.57. The van der Waals surface area contributed by atoms with Crippen molar-refractivity contribution in [2.75, 3.05) is 39.3 Å². The number of hydrogen-bond donors (Lipinski definition) is 4. The van der Waals surface area contributed by atoms with Gasteiger partial charge in [-0.1, -0.05) is 18.2 Å². The number of aromatic nitrogens is 2. The smallest absolute Gasteiger partial charge is 0.405 e. The van der Waals surface area contributed by atoms with E-state index in [4.69, 9.17) is 13.6 Å². The number of alkyl halides is 3. The number of oxazole rings is 1. The van der Waals surface area contributed by atoms with Crippen molar-refractivity contribution in [1.82, 2.24) is 30.4 Å². The van der Waals surface area contributed by atoms with Crippen molar-refractivity contribution in [3.63, 3.8) is 0 Å². The number of aliphatic hydroxyl groups excluding tert-OH is 2. The predicted octanol–water partition coefficient (Wildman–Crippen LogP) is 4.74. The second kappa shape index (κ2) is 16.9. The fourth-order valence-corrected chi connectivity index (χ4v) is 7.57. The number of amides is 2. The molecule has 308 valence electrons. The van der Waals surface area contributed by atoms with E-state index in [0.29, 0.717) is 40.5 Å². The van der Waals surface area contributed by atoms with Crippen LogP contribution in [0.4, 0.5) is 17.6 Å². The van der Waals surface area contributed by atoms with E-state index in [1.807, 2.05) is 24.1 Å². The van der Waals surface area contributed by atoms with Crippen molar-refractivity contribution in [2.24, 2.45) is 5.92 Å². The van der Waals surface area contributed by atoms with Gasteiger partial charge in [0.25, 0.3) is 0 Å². The van der Waals surface area contributed by atoms with Crippen LogP contribution in [-0.4, -0.2) is 106 Å². The van der Waals surface area contributed by atoms with E-state index in [-0.39, 0.29) is 45.0 Å². The Kier molecular flexibility index (Phi) is 11.9. The van der Waals surface area contributed by atoms with E-state index in [9.17, 15) is 37.4 Å². The highest BCUT2D eigenvalue weighted by Crippen LogP contribution is 2.35. The van der Waals surface area contributed by atoms with Crippen LogP contribution in [0.2, 0.25) is 0 Å². The molecule has 2 amide bonds. The standard InChI is InChI=1S/C41H44F4N6O7/c1-40(2,39-47-19-35(58-39)24-7-9-27(42)10-8-24)51-14-13-50(31(21-51)38(55)48-23-41(43,44)45)20-28(52)15-26(17-29-16-25-11-12-46-18-34(25)57-29)37(54)49-36-30-5-3-4-6-33(30)56-22-32(36)53/h3-12,16,18-19,26,28,31-32,36,52-53H,13-15,17,20-23H2,1-2H3,(H,48,55)(H,49,54)/t26?,28-,31-,32+,36-/m0/s1. The highest BCUT2D eigenvalue weighted by atomic mass is 19.4. The molecule has 2 aromatic carbocycles. The number of furan rings is 1. The summed E-state index contributed by atoms with van der Waals surface area (Å²) in [7, 11) is 0.